The molecule has 1 saturated carbocycles. The van der Waals surface area contributed by atoms with Gasteiger partial charge in [0.1, 0.15) is 0 Å². The van der Waals surface area contributed by atoms with Crippen molar-refractivity contribution in [2.75, 3.05) is 7.11 Å². The Morgan fingerprint density at radius 1 is 1.41 bits per heavy atom. The van der Waals surface area contributed by atoms with Gasteiger partial charge in [0.2, 0.25) is 0 Å². The Labute approximate surface area is 101 Å². The van der Waals surface area contributed by atoms with E-state index in [9.17, 15) is 4.39 Å². The summed E-state index contributed by atoms with van der Waals surface area (Å²) in [4.78, 5) is 0. The third-order valence-corrected chi connectivity index (χ3v) is 3.16. The van der Waals surface area contributed by atoms with Crippen molar-refractivity contribution in [1.29, 1.82) is 0 Å². The van der Waals surface area contributed by atoms with Crippen LogP contribution in [-0.2, 0) is 11.3 Å². The number of nitrogens with two attached hydrogens (primary N) is 1. The van der Waals surface area contributed by atoms with Crippen molar-refractivity contribution in [3.05, 3.63) is 29.6 Å². The smallest absolute Gasteiger partial charge is 0.170 e. The molecule has 0 bridgehead atoms. The van der Waals surface area contributed by atoms with Crippen LogP contribution in [0.2, 0.25) is 0 Å². The number of rotatable bonds is 4. The summed E-state index contributed by atoms with van der Waals surface area (Å²) in [5.74, 6) is -0.0773. The Bertz CT molecular complexity index is 384. The van der Waals surface area contributed by atoms with Crippen LogP contribution in [0.5, 0.6) is 5.75 Å². The van der Waals surface area contributed by atoms with Crippen molar-refractivity contribution in [1.82, 2.24) is 0 Å². The first-order chi connectivity index (χ1) is 8.20. The minimum absolute atomic E-state index is 0.163. The maximum atomic E-state index is 13.8. The lowest BCUT2D eigenvalue weighted by Crippen LogP contribution is -2.17. The van der Waals surface area contributed by atoms with E-state index in [1.54, 1.807) is 18.2 Å². The van der Waals surface area contributed by atoms with E-state index in [0.717, 1.165) is 19.3 Å². The number of benzene rings is 1. The van der Waals surface area contributed by atoms with Gasteiger partial charge in [-0.1, -0.05) is 12.1 Å². The van der Waals surface area contributed by atoms with Gasteiger partial charge in [-0.3, -0.25) is 0 Å². The number of ether oxygens (including phenoxy) is 2. The van der Waals surface area contributed by atoms with Crippen molar-refractivity contribution in [2.24, 2.45) is 5.73 Å². The highest BCUT2D eigenvalue weighted by molar-refractivity contribution is 5.30. The Morgan fingerprint density at radius 2 is 2.24 bits per heavy atom. The van der Waals surface area contributed by atoms with E-state index >= 15 is 0 Å². The standard InChI is InChI=1S/C13H18FNO2/c1-16-12-4-2-3-9(13(12)14)8-17-11-6-5-10(15)7-11/h2-4,10-11H,5-8,15H2,1H3. The van der Waals surface area contributed by atoms with Crippen molar-refractivity contribution in [3.8, 4) is 5.75 Å². The van der Waals surface area contributed by atoms with Gasteiger partial charge in [-0.2, -0.15) is 0 Å². The summed E-state index contributed by atoms with van der Waals surface area (Å²) in [6.07, 6.45) is 2.99. The number of hydrogen-bond donors (Lipinski definition) is 1. The maximum absolute atomic E-state index is 13.8. The number of methoxy groups -OCH3 is 1. The molecule has 1 aromatic carbocycles. The molecule has 3 nitrogen and oxygen atoms in total. The van der Waals surface area contributed by atoms with E-state index in [2.05, 4.69) is 0 Å². The molecule has 1 aliphatic rings. The lowest BCUT2D eigenvalue weighted by molar-refractivity contribution is 0.0431. The van der Waals surface area contributed by atoms with Crippen molar-refractivity contribution in [2.45, 2.75) is 38.0 Å². The minimum Gasteiger partial charge on any atom is -0.494 e. The highest BCUT2D eigenvalue weighted by atomic mass is 19.1. The average Bonchev–Trinajstić information content (AvgIpc) is 2.74. The second kappa shape index (κ2) is 5.47. The van der Waals surface area contributed by atoms with Gasteiger partial charge in [0, 0.05) is 11.6 Å². The van der Waals surface area contributed by atoms with Crippen LogP contribution in [0, 0.1) is 5.82 Å². The fourth-order valence-electron chi connectivity index (χ4n) is 2.16. The lowest BCUT2D eigenvalue weighted by atomic mass is 10.2. The fourth-order valence-corrected chi connectivity index (χ4v) is 2.16. The predicted octanol–water partition coefficient (Wildman–Crippen LogP) is 2.23. The Hall–Kier alpha value is -1.13. The molecule has 0 aliphatic heterocycles. The van der Waals surface area contributed by atoms with Gasteiger partial charge in [0.15, 0.2) is 11.6 Å². The van der Waals surface area contributed by atoms with Crippen LogP contribution in [0.25, 0.3) is 0 Å². The van der Waals surface area contributed by atoms with Crippen LogP contribution < -0.4 is 10.5 Å². The number of hydrogen-bond acceptors (Lipinski definition) is 3. The summed E-state index contributed by atoms with van der Waals surface area (Å²) in [6, 6.07) is 5.31. The van der Waals surface area contributed by atoms with Gasteiger partial charge in [-0.15, -0.1) is 0 Å². The molecule has 0 amide bonds. The molecule has 2 rings (SSSR count). The third-order valence-electron chi connectivity index (χ3n) is 3.16. The summed E-state index contributed by atoms with van der Waals surface area (Å²) < 4.78 is 24.4. The molecule has 0 radical (unpaired) electrons. The Kier molecular flexibility index (Phi) is 3.97. The van der Waals surface area contributed by atoms with Gasteiger partial charge >= 0.3 is 0 Å². The molecule has 1 aliphatic carbocycles. The zero-order chi connectivity index (χ0) is 12.3. The second-order valence-corrected chi connectivity index (χ2v) is 4.44. The van der Waals surface area contributed by atoms with Crippen LogP contribution in [0.3, 0.4) is 0 Å². The molecule has 2 atom stereocenters. The van der Waals surface area contributed by atoms with Crippen LogP contribution in [0.1, 0.15) is 24.8 Å². The molecule has 1 fully saturated rings. The van der Waals surface area contributed by atoms with E-state index in [1.165, 1.54) is 7.11 Å². The summed E-state index contributed by atoms with van der Waals surface area (Å²) in [5.41, 5.74) is 6.33. The van der Waals surface area contributed by atoms with E-state index in [1.807, 2.05) is 0 Å². The molecule has 2 unspecified atom stereocenters. The topological polar surface area (TPSA) is 44.5 Å². The molecule has 0 saturated heterocycles. The summed E-state index contributed by atoms with van der Waals surface area (Å²) in [5, 5.41) is 0. The van der Waals surface area contributed by atoms with Crippen molar-refractivity contribution < 1.29 is 13.9 Å². The lowest BCUT2D eigenvalue weighted by Gasteiger charge is -2.13. The van der Waals surface area contributed by atoms with Crippen molar-refractivity contribution in [3.63, 3.8) is 0 Å². The van der Waals surface area contributed by atoms with Crippen molar-refractivity contribution >= 4 is 0 Å². The summed E-state index contributed by atoms with van der Waals surface area (Å²) >= 11 is 0. The quantitative estimate of drug-likeness (QED) is 0.876. The SMILES string of the molecule is COc1cccc(COC2CCC(N)C2)c1F. The van der Waals surface area contributed by atoms with Gasteiger partial charge < -0.3 is 15.2 Å². The summed E-state index contributed by atoms with van der Waals surface area (Å²) in [7, 11) is 1.46. The predicted molar refractivity (Wildman–Crippen MR) is 63.4 cm³/mol. The molecule has 2 N–H and O–H groups in total. The number of halogens is 1. The first-order valence-electron chi connectivity index (χ1n) is 5.89. The Balaban J connectivity index is 1.95. The zero-order valence-electron chi connectivity index (χ0n) is 9.99. The molecule has 0 aromatic heterocycles. The molecule has 4 heteroatoms. The van der Waals surface area contributed by atoms with Gasteiger partial charge in [-0.05, 0) is 25.3 Å². The highest BCUT2D eigenvalue weighted by Gasteiger charge is 2.22. The molecule has 1 aromatic rings. The molecule has 17 heavy (non-hydrogen) atoms. The highest BCUT2D eigenvalue weighted by Crippen LogP contribution is 2.24. The monoisotopic (exact) mass is 239 g/mol. The maximum Gasteiger partial charge on any atom is 0.170 e. The van der Waals surface area contributed by atoms with Gasteiger partial charge in [0.25, 0.3) is 0 Å². The second-order valence-electron chi connectivity index (χ2n) is 4.44. The first-order valence-corrected chi connectivity index (χ1v) is 5.89. The van der Waals surface area contributed by atoms with Crippen LogP contribution in [-0.4, -0.2) is 19.3 Å². The van der Waals surface area contributed by atoms with Crippen LogP contribution in [0.4, 0.5) is 4.39 Å². The molecule has 0 spiro atoms. The largest absolute Gasteiger partial charge is 0.494 e. The molecule has 94 valence electrons. The third kappa shape index (κ3) is 2.96. The molecular formula is C13H18FNO2. The van der Waals surface area contributed by atoms with E-state index in [4.69, 9.17) is 15.2 Å². The van der Waals surface area contributed by atoms with Gasteiger partial charge in [-0.25, -0.2) is 4.39 Å². The molecular weight excluding hydrogens is 221 g/mol. The minimum atomic E-state index is -0.336. The van der Waals surface area contributed by atoms with Crippen LogP contribution >= 0.6 is 0 Å². The summed E-state index contributed by atoms with van der Waals surface area (Å²) in [6.45, 7) is 0.278. The fraction of sp³-hybridized carbons (Fsp3) is 0.538. The average molecular weight is 239 g/mol. The Morgan fingerprint density at radius 3 is 2.88 bits per heavy atom. The van der Waals surface area contributed by atoms with Gasteiger partial charge in [0.05, 0.1) is 19.8 Å². The van der Waals surface area contributed by atoms with Crippen LogP contribution in [0.15, 0.2) is 18.2 Å². The van der Waals surface area contributed by atoms with E-state index < -0.39 is 0 Å². The van der Waals surface area contributed by atoms with E-state index in [0.29, 0.717) is 5.56 Å². The normalized spacial score (nSPS) is 23.9. The molecule has 0 heterocycles. The first kappa shape index (κ1) is 12.3. The zero-order valence-corrected chi connectivity index (χ0v) is 9.99. The van der Waals surface area contributed by atoms with E-state index in [-0.39, 0.29) is 30.3 Å².